The lowest BCUT2D eigenvalue weighted by molar-refractivity contribution is -0.114. The van der Waals surface area contributed by atoms with Crippen molar-refractivity contribution in [1.82, 2.24) is 9.97 Å². The predicted octanol–water partition coefficient (Wildman–Crippen LogP) is 5.12. The number of anilines is 1. The molecule has 32 heavy (non-hydrogen) atoms. The van der Waals surface area contributed by atoms with Crippen LogP contribution in [0.1, 0.15) is 22.7 Å². The summed E-state index contributed by atoms with van der Waals surface area (Å²) in [6.45, 7) is 2.48. The molecule has 2 aromatic heterocycles. The van der Waals surface area contributed by atoms with Crippen LogP contribution in [0.4, 0.5) is 5.69 Å². The largest absolute Gasteiger partial charge is 0.507 e. The average molecular weight is 448 g/mol. The molecular formula is C25H22ClN3O3. The number of nitrogens with one attached hydrogen (secondary N) is 1. The number of hydrogen-bond donors (Lipinski definition) is 2. The molecule has 0 spiro atoms. The minimum Gasteiger partial charge on any atom is -0.507 e. The molecule has 0 aliphatic carbocycles. The van der Waals surface area contributed by atoms with E-state index in [4.69, 9.17) is 16.3 Å². The Morgan fingerprint density at radius 2 is 2.22 bits per heavy atom. The van der Waals surface area contributed by atoms with E-state index in [2.05, 4.69) is 9.97 Å². The summed E-state index contributed by atoms with van der Waals surface area (Å²) in [5, 5.41) is 13.3. The van der Waals surface area contributed by atoms with E-state index in [0.29, 0.717) is 23.9 Å². The van der Waals surface area contributed by atoms with Gasteiger partial charge in [0.2, 0.25) is 0 Å². The Morgan fingerprint density at radius 1 is 1.38 bits per heavy atom. The van der Waals surface area contributed by atoms with Crippen LogP contribution in [0.2, 0.25) is 0 Å². The van der Waals surface area contributed by atoms with E-state index in [1.54, 1.807) is 30.3 Å². The van der Waals surface area contributed by atoms with Crippen molar-refractivity contribution in [3.05, 3.63) is 65.5 Å². The van der Waals surface area contributed by atoms with E-state index >= 15 is 0 Å². The SMILES string of the molecule is COc1cnc2[nH]c(C=CC(=O)N3C[C@@H](CCl)c4c3cc(O)c3cccc(C)c43)cc2c1. The lowest BCUT2D eigenvalue weighted by Gasteiger charge is -2.17. The highest BCUT2D eigenvalue weighted by Crippen LogP contribution is 2.46. The third-order valence-corrected chi connectivity index (χ3v) is 6.40. The monoisotopic (exact) mass is 447 g/mol. The molecule has 1 amide bonds. The van der Waals surface area contributed by atoms with Gasteiger partial charge < -0.3 is 19.7 Å². The van der Waals surface area contributed by atoms with E-state index in [1.807, 2.05) is 37.3 Å². The van der Waals surface area contributed by atoms with Gasteiger partial charge in [0, 0.05) is 47.0 Å². The summed E-state index contributed by atoms with van der Waals surface area (Å²) in [6, 6.07) is 11.3. The van der Waals surface area contributed by atoms with Crippen LogP contribution < -0.4 is 9.64 Å². The number of fused-ring (bicyclic) bond motifs is 4. The summed E-state index contributed by atoms with van der Waals surface area (Å²) in [5.74, 6) is 1.05. The highest BCUT2D eigenvalue weighted by Gasteiger charge is 2.34. The highest BCUT2D eigenvalue weighted by molar-refractivity contribution is 6.19. The topological polar surface area (TPSA) is 78.5 Å². The number of aromatic nitrogens is 2. The Hall–Kier alpha value is -3.51. The van der Waals surface area contributed by atoms with Gasteiger partial charge in [-0.1, -0.05) is 18.2 Å². The number of rotatable bonds is 4. The number of carbonyl (C=O) groups is 1. The second-order valence-electron chi connectivity index (χ2n) is 8.00. The molecule has 0 unspecified atom stereocenters. The Morgan fingerprint density at radius 3 is 3.00 bits per heavy atom. The number of alkyl halides is 1. The number of nitrogens with zero attached hydrogens (tertiary/aromatic N) is 2. The first-order chi connectivity index (χ1) is 15.5. The fourth-order valence-electron chi connectivity index (χ4n) is 4.50. The molecule has 0 fully saturated rings. The minimum atomic E-state index is -0.171. The molecule has 2 aromatic carbocycles. The number of phenols is 1. The number of pyridine rings is 1. The molecule has 7 heteroatoms. The van der Waals surface area contributed by atoms with E-state index in [-0.39, 0.29) is 17.6 Å². The van der Waals surface area contributed by atoms with E-state index < -0.39 is 0 Å². The summed E-state index contributed by atoms with van der Waals surface area (Å²) < 4.78 is 5.21. The van der Waals surface area contributed by atoms with Crippen LogP contribution in [-0.4, -0.2) is 40.5 Å². The van der Waals surface area contributed by atoms with Gasteiger partial charge in [-0.3, -0.25) is 4.79 Å². The number of aryl methyl sites for hydroxylation is 1. The number of halogens is 1. The number of carbonyl (C=O) groups excluding carboxylic acids is 1. The van der Waals surface area contributed by atoms with Crippen LogP contribution in [0.15, 0.2) is 48.7 Å². The van der Waals surface area contributed by atoms with Crippen molar-refractivity contribution in [1.29, 1.82) is 0 Å². The zero-order chi connectivity index (χ0) is 22.4. The maximum atomic E-state index is 13.2. The first-order valence-corrected chi connectivity index (χ1v) is 10.9. The van der Waals surface area contributed by atoms with Crippen molar-refractivity contribution in [2.75, 3.05) is 24.4 Å². The summed E-state index contributed by atoms with van der Waals surface area (Å²) in [6.07, 6.45) is 4.90. The van der Waals surface area contributed by atoms with Crippen LogP contribution >= 0.6 is 11.6 Å². The molecular weight excluding hydrogens is 426 g/mol. The molecule has 1 aliphatic heterocycles. The first-order valence-electron chi connectivity index (χ1n) is 10.3. The lowest BCUT2D eigenvalue weighted by atomic mass is 9.92. The number of hydrogen-bond acceptors (Lipinski definition) is 4. The van der Waals surface area contributed by atoms with Gasteiger partial charge in [-0.25, -0.2) is 4.98 Å². The predicted molar refractivity (Wildman–Crippen MR) is 128 cm³/mol. The number of aromatic hydroxyl groups is 1. The second-order valence-corrected chi connectivity index (χ2v) is 8.31. The van der Waals surface area contributed by atoms with Crippen LogP contribution in [-0.2, 0) is 4.79 Å². The van der Waals surface area contributed by atoms with Crippen molar-refractivity contribution in [3.8, 4) is 11.5 Å². The number of H-pyrrole nitrogens is 1. The van der Waals surface area contributed by atoms with Crippen LogP contribution in [0.3, 0.4) is 0 Å². The molecule has 2 N–H and O–H groups in total. The number of ether oxygens (including phenoxy) is 1. The summed E-state index contributed by atoms with van der Waals surface area (Å²) >= 11 is 6.30. The van der Waals surface area contributed by atoms with Crippen molar-refractivity contribution in [2.24, 2.45) is 0 Å². The molecule has 1 atom stereocenters. The van der Waals surface area contributed by atoms with Gasteiger partial charge in [0.25, 0.3) is 5.91 Å². The third-order valence-electron chi connectivity index (χ3n) is 6.03. The Balaban J connectivity index is 1.51. The van der Waals surface area contributed by atoms with Crippen molar-refractivity contribution in [3.63, 3.8) is 0 Å². The average Bonchev–Trinajstić information content (AvgIpc) is 3.38. The summed E-state index contributed by atoms with van der Waals surface area (Å²) in [4.78, 5) is 22.4. The summed E-state index contributed by atoms with van der Waals surface area (Å²) in [5.41, 5.74) is 4.27. The first kappa shape index (κ1) is 20.4. The van der Waals surface area contributed by atoms with Crippen molar-refractivity contribution >= 4 is 51.1 Å². The molecule has 0 bridgehead atoms. The fourth-order valence-corrected chi connectivity index (χ4v) is 4.75. The van der Waals surface area contributed by atoms with Crippen molar-refractivity contribution < 1.29 is 14.6 Å². The molecule has 0 saturated carbocycles. The van der Waals surface area contributed by atoms with Gasteiger partial charge >= 0.3 is 0 Å². The number of benzene rings is 2. The Labute approximate surface area is 190 Å². The summed E-state index contributed by atoms with van der Waals surface area (Å²) in [7, 11) is 1.60. The molecule has 4 aromatic rings. The van der Waals surface area contributed by atoms with Gasteiger partial charge in [0.15, 0.2) is 0 Å². The molecule has 5 rings (SSSR count). The van der Waals surface area contributed by atoms with Gasteiger partial charge in [0.1, 0.15) is 17.1 Å². The molecule has 3 heterocycles. The van der Waals surface area contributed by atoms with Crippen LogP contribution in [0.25, 0.3) is 27.9 Å². The van der Waals surface area contributed by atoms with Gasteiger partial charge in [-0.2, -0.15) is 0 Å². The smallest absolute Gasteiger partial charge is 0.251 e. The molecule has 162 valence electrons. The Kier molecular flexibility index (Phi) is 5.02. The minimum absolute atomic E-state index is 0.00189. The zero-order valence-electron chi connectivity index (χ0n) is 17.7. The van der Waals surface area contributed by atoms with Gasteiger partial charge in [0.05, 0.1) is 19.0 Å². The standard InChI is InChI=1S/C25H22ClN3O3/c1-14-4-3-5-19-21(30)10-20-24(23(14)19)16(11-26)13-29(20)22(31)7-6-17-8-15-9-18(32-2)12-27-25(15)28-17/h3-10,12,16,30H,11,13H2,1-2H3,(H,27,28)/t16-/m1/s1. The van der Waals surface area contributed by atoms with E-state index in [1.165, 1.54) is 6.08 Å². The van der Waals surface area contributed by atoms with Crippen LogP contribution in [0, 0.1) is 6.92 Å². The third kappa shape index (κ3) is 3.28. The molecule has 6 nitrogen and oxygen atoms in total. The highest BCUT2D eigenvalue weighted by atomic mass is 35.5. The van der Waals surface area contributed by atoms with E-state index in [9.17, 15) is 9.90 Å². The van der Waals surface area contributed by atoms with Gasteiger partial charge in [-0.15, -0.1) is 11.6 Å². The van der Waals surface area contributed by atoms with Crippen molar-refractivity contribution in [2.45, 2.75) is 12.8 Å². The van der Waals surface area contributed by atoms with Crippen LogP contribution in [0.5, 0.6) is 11.5 Å². The molecule has 0 radical (unpaired) electrons. The second kappa shape index (κ2) is 7.88. The maximum Gasteiger partial charge on any atom is 0.251 e. The molecule has 0 saturated heterocycles. The Bertz CT molecular complexity index is 1390. The number of aromatic amines is 1. The number of methoxy groups -OCH3 is 1. The number of amides is 1. The number of phenolic OH excluding ortho intramolecular Hbond substituents is 1. The normalized spacial score (nSPS) is 15.7. The molecule has 1 aliphatic rings. The zero-order valence-corrected chi connectivity index (χ0v) is 18.5. The fraction of sp³-hybridized carbons (Fsp3) is 0.200. The van der Waals surface area contributed by atoms with E-state index in [0.717, 1.165) is 38.6 Å². The lowest BCUT2D eigenvalue weighted by Crippen LogP contribution is -2.28. The quantitative estimate of drug-likeness (QED) is 0.336. The van der Waals surface area contributed by atoms with Gasteiger partial charge in [-0.05, 0) is 41.6 Å². The maximum absolute atomic E-state index is 13.2.